The summed E-state index contributed by atoms with van der Waals surface area (Å²) in [4.78, 5) is 43.8. The molecule has 1 fully saturated rings. The Morgan fingerprint density at radius 2 is 1.81 bits per heavy atom. The number of fused-ring (bicyclic) bond motifs is 3. The number of para-hydroxylation sites is 2. The van der Waals surface area contributed by atoms with E-state index in [0.29, 0.717) is 56.6 Å². The molecule has 2 heterocycles. The number of hydrogen-bond donors (Lipinski definition) is 1. The van der Waals surface area contributed by atoms with Crippen LogP contribution in [0, 0.1) is 0 Å². The topological polar surface area (TPSA) is 73.0 Å². The molecule has 0 spiro atoms. The summed E-state index contributed by atoms with van der Waals surface area (Å²) in [7, 11) is 2.00. The third-order valence-electron chi connectivity index (χ3n) is 6.50. The Kier molecular flexibility index (Phi) is 6.17. The number of rotatable bonds is 8. The summed E-state index contributed by atoms with van der Waals surface area (Å²) in [5.74, 6) is -0.0579. The van der Waals surface area contributed by atoms with Crippen molar-refractivity contribution in [1.82, 2.24) is 10.2 Å². The highest BCUT2D eigenvalue weighted by Crippen LogP contribution is 2.43. The van der Waals surface area contributed by atoms with Gasteiger partial charge in [-0.1, -0.05) is 30.3 Å². The highest BCUT2D eigenvalue weighted by molar-refractivity contribution is 6.10. The van der Waals surface area contributed by atoms with Crippen LogP contribution in [-0.2, 0) is 9.59 Å². The van der Waals surface area contributed by atoms with Gasteiger partial charge in [-0.3, -0.25) is 19.3 Å². The standard InChI is InChI=1S/C25H30N4O3/c1-25-15-14-23(31)29(25)21-12-7-6-11-20(21)24(32)28(25)17-8-13-22(30)26-16-18-27(2)19-9-4-3-5-10-19/h3-7,9-12H,8,13-18H2,1-2H3,(H,26,30). The second kappa shape index (κ2) is 9.02. The lowest BCUT2D eigenvalue weighted by molar-refractivity contribution is -0.121. The van der Waals surface area contributed by atoms with Gasteiger partial charge in [-0.2, -0.15) is 0 Å². The van der Waals surface area contributed by atoms with Crippen LogP contribution in [0.4, 0.5) is 11.4 Å². The van der Waals surface area contributed by atoms with Gasteiger partial charge in [0.1, 0.15) is 5.66 Å². The zero-order valence-electron chi connectivity index (χ0n) is 18.7. The van der Waals surface area contributed by atoms with Crippen LogP contribution >= 0.6 is 0 Å². The average Bonchev–Trinajstić information content (AvgIpc) is 3.11. The minimum atomic E-state index is -0.669. The number of carbonyl (C=O) groups excluding carboxylic acids is 3. The molecule has 168 valence electrons. The number of nitrogens with zero attached hydrogens (tertiary/aromatic N) is 3. The fourth-order valence-electron chi connectivity index (χ4n) is 4.70. The summed E-state index contributed by atoms with van der Waals surface area (Å²) in [5.41, 5.74) is 1.68. The molecule has 4 rings (SSSR count). The van der Waals surface area contributed by atoms with E-state index < -0.39 is 5.66 Å². The van der Waals surface area contributed by atoms with Crippen LogP contribution < -0.4 is 15.1 Å². The first-order chi connectivity index (χ1) is 15.4. The van der Waals surface area contributed by atoms with E-state index in [1.54, 1.807) is 15.9 Å². The van der Waals surface area contributed by atoms with Crippen LogP contribution in [0.2, 0.25) is 0 Å². The van der Waals surface area contributed by atoms with Gasteiger partial charge in [-0.15, -0.1) is 0 Å². The molecular weight excluding hydrogens is 404 g/mol. The molecule has 7 heteroatoms. The molecule has 2 aromatic carbocycles. The van der Waals surface area contributed by atoms with Gasteiger partial charge in [0, 0.05) is 45.2 Å². The van der Waals surface area contributed by atoms with Gasteiger partial charge in [0.05, 0.1) is 11.3 Å². The van der Waals surface area contributed by atoms with Gasteiger partial charge >= 0.3 is 0 Å². The number of anilines is 2. The third kappa shape index (κ3) is 4.07. The lowest BCUT2D eigenvalue weighted by atomic mass is 9.98. The van der Waals surface area contributed by atoms with Gasteiger partial charge in [0.25, 0.3) is 5.91 Å². The van der Waals surface area contributed by atoms with Crippen molar-refractivity contribution in [3.63, 3.8) is 0 Å². The van der Waals surface area contributed by atoms with E-state index >= 15 is 0 Å². The van der Waals surface area contributed by atoms with Crippen molar-refractivity contribution < 1.29 is 14.4 Å². The van der Waals surface area contributed by atoms with Crippen molar-refractivity contribution in [1.29, 1.82) is 0 Å². The molecule has 0 aliphatic carbocycles. The SMILES string of the molecule is CN(CCNC(=O)CCCN1C(=O)c2ccccc2N2C(=O)CCC12C)c1ccccc1. The van der Waals surface area contributed by atoms with Crippen molar-refractivity contribution >= 4 is 29.1 Å². The maximum Gasteiger partial charge on any atom is 0.257 e. The predicted molar refractivity (Wildman–Crippen MR) is 125 cm³/mol. The van der Waals surface area contributed by atoms with E-state index in [4.69, 9.17) is 0 Å². The monoisotopic (exact) mass is 434 g/mol. The normalized spacial score (nSPS) is 19.6. The highest BCUT2D eigenvalue weighted by atomic mass is 16.2. The Bertz CT molecular complexity index is 1010. The molecule has 0 bridgehead atoms. The molecular formula is C25H30N4O3. The van der Waals surface area contributed by atoms with E-state index in [2.05, 4.69) is 10.2 Å². The Labute approximate surface area is 189 Å². The van der Waals surface area contributed by atoms with Crippen molar-refractivity contribution in [3.8, 4) is 0 Å². The Hall–Kier alpha value is -3.35. The maximum atomic E-state index is 13.2. The molecule has 1 N–H and O–H groups in total. The predicted octanol–water partition coefficient (Wildman–Crippen LogP) is 3.02. The molecule has 0 radical (unpaired) electrons. The molecule has 2 aromatic rings. The van der Waals surface area contributed by atoms with Crippen molar-refractivity contribution in [2.24, 2.45) is 0 Å². The summed E-state index contributed by atoms with van der Waals surface area (Å²) >= 11 is 0. The molecule has 2 aliphatic heterocycles. The Morgan fingerprint density at radius 1 is 1.09 bits per heavy atom. The molecule has 1 unspecified atom stereocenters. The minimum Gasteiger partial charge on any atom is -0.373 e. The average molecular weight is 435 g/mol. The van der Waals surface area contributed by atoms with Gasteiger partial charge in [0.15, 0.2) is 0 Å². The van der Waals surface area contributed by atoms with Crippen molar-refractivity contribution in [3.05, 3.63) is 60.2 Å². The molecule has 1 saturated heterocycles. The van der Waals surface area contributed by atoms with Gasteiger partial charge in [-0.05, 0) is 44.0 Å². The first-order valence-corrected chi connectivity index (χ1v) is 11.2. The number of likely N-dealkylation sites (N-methyl/N-ethyl adjacent to an activating group) is 1. The summed E-state index contributed by atoms with van der Waals surface area (Å²) < 4.78 is 0. The number of benzene rings is 2. The molecule has 0 saturated carbocycles. The number of amides is 3. The fourth-order valence-corrected chi connectivity index (χ4v) is 4.70. The van der Waals surface area contributed by atoms with Crippen molar-refractivity contribution in [2.45, 2.75) is 38.3 Å². The van der Waals surface area contributed by atoms with Crippen LogP contribution in [0.25, 0.3) is 0 Å². The first-order valence-electron chi connectivity index (χ1n) is 11.2. The third-order valence-corrected chi connectivity index (χ3v) is 6.50. The highest BCUT2D eigenvalue weighted by Gasteiger charge is 2.52. The van der Waals surface area contributed by atoms with Gasteiger partial charge in [-0.25, -0.2) is 0 Å². The number of hydrogen-bond acceptors (Lipinski definition) is 4. The second-order valence-corrected chi connectivity index (χ2v) is 8.63. The largest absolute Gasteiger partial charge is 0.373 e. The van der Waals surface area contributed by atoms with Gasteiger partial charge < -0.3 is 15.1 Å². The van der Waals surface area contributed by atoms with E-state index in [1.165, 1.54) is 0 Å². The Morgan fingerprint density at radius 3 is 2.59 bits per heavy atom. The molecule has 32 heavy (non-hydrogen) atoms. The minimum absolute atomic E-state index is 0.0270. The summed E-state index contributed by atoms with van der Waals surface area (Å²) in [5, 5.41) is 2.96. The smallest absolute Gasteiger partial charge is 0.257 e. The molecule has 1 atom stereocenters. The van der Waals surface area contributed by atoms with Crippen LogP contribution in [0.15, 0.2) is 54.6 Å². The van der Waals surface area contributed by atoms with Crippen LogP contribution in [0.3, 0.4) is 0 Å². The van der Waals surface area contributed by atoms with E-state index in [0.717, 1.165) is 5.69 Å². The zero-order valence-corrected chi connectivity index (χ0v) is 18.7. The van der Waals surface area contributed by atoms with Crippen LogP contribution in [0.5, 0.6) is 0 Å². The Balaban J connectivity index is 1.31. The lowest BCUT2D eigenvalue weighted by Crippen LogP contribution is -2.62. The second-order valence-electron chi connectivity index (χ2n) is 8.63. The fraction of sp³-hybridized carbons (Fsp3) is 0.400. The zero-order chi connectivity index (χ0) is 22.7. The van der Waals surface area contributed by atoms with E-state index in [9.17, 15) is 14.4 Å². The number of nitrogens with one attached hydrogen (secondary N) is 1. The summed E-state index contributed by atoms with van der Waals surface area (Å²) in [6.07, 6.45) is 1.91. The first kappa shape index (κ1) is 21.9. The molecule has 2 aliphatic rings. The molecule has 0 aromatic heterocycles. The van der Waals surface area contributed by atoms with E-state index in [1.807, 2.05) is 62.5 Å². The maximum absolute atomic E-state index is 13.2. The van der Waals surface area contributed by atoms with Gasteiger partial charge in [0.2, 0.25) is 11.8 Å². The van der Waals surface area contributed by atoms with E-state index in [-0.39, 0.29) is 17.7 Å². The van der Waals surface area contributed by atoms with Crippen LogP contribution in [-0.4, -0.2) is 55.0 Å². The van der Waals surface area contributed by atoms with Crippen molar-refractivity contribution in [2.75, 3.05) is 36.5 Å². The number of carbonyl (C=O) groups is 3. The lowest BCUT2D eigenvalue weighted by Gasteiger charge is -2.48. The molecule has 3 amide bonds. The summed E-state index contributed by atoms with van der Waals surface area (Å²) in [6, 6.07) is 17.3. The van der Waals surface area contributed by atoms with Crippen LogP contribution in [0.1, 0.15) is 43.0 Å². The summed E-state index contributed by atoms with van der Waals surface area (Å²) in [6.45, 7) is 3.66. The molecule has 7 nitrogen and oxygen atoms in total. The quantitative estimate of drug-likeness (QED) is 0.693.